The number of pyridine rings is 1. The average molecular weight is 427 g/mol. The highest BCUT2D eigenvalue weighted by atomic mass is 35.5. The van der Waals surface area contributed by atoms with Crippen molar-refractivity contribution < 1.29 is 21.6 Å². The molecule has 0 radical (unpaired) electrons. The number of anilines is 1. The molecule has 146 valence electrons. The third-order valence-corrected chi connectivity index (χ3v) is 5.64. The number of nitrogens with one attached hydrogen (secondary N) is 1. The number of aryl methyl sites for hydroxylation is 1. The molecular formula is C19H14ClF3N2O2S. The average Bonchev–Trinajstić information content (AvgIpc) is 2.62. The molecule has 0 fully saturated rings. The van der Waals surface area contributed by atoms with Crippen molar-refractivity contribution in [1.29, 1.82) is 0 Å². The van der Waals surface area contributed by atoms with Gasteiger partial charge in [0.25, 0.3) is 10.0 Å². The number of aromatic nitrogens is 1. The third kappa shape index (κ3) is 4.28. The largest absolute Gasteiger partial charge is 0.416 e. The van der Waals surface area contributed by atoms with E-state index in [0.717, 1.165) is 23.8 Å². The first-order valence-electron chi connectivity index (χ1n) is 8.00. The maximum atomic E-state index is 12.8. The fourth-order valence-corrected chi connectivity index (χ4v) is 3.90. The summed E-state index contributed by atoms with van der Waals surface area (Å²) in [5.74, 6) is -0.00860. The van der Waals surface area contributed by atoms with Crippen LogP contribution in [0.15, 0.2) is 65.6 Å². The standard InChI is InChI=1S/C19H14ClF3N2O2S/c1-12-15(16-7-2-3-8-17(16)20)9-10-18(24-12)25-28(26,27)14-6-4-5-13(11-14)19(21,22)23/h2-11H,1H3,(H,24,25). The molecule has 0 bridgehead atoms. The molecular weight excluding hydrogens is 413 g/mol. The number of benzene rings is 2. The van der Waals surface area contributed by atoms with E-state index in [1.807, 2.05) is 6.07 Å². The SMILES string of the molecule is Cc1nc(NS(=O)(=O)c2cccc(C(F)(F)F)c2)ccc1-c1ccccc1Cl. The van der Waals surface area contributed by atoms with Gasteiger partial charge in [-0.3, -0.25) is 4.72 Å². The summed E-state index contributed by atoms with van der Waals surface area (Å²) in [6, 6.07) is 13.7. The van der Waals surface area contributed by atoms with Crippen LogP contribution in [0, 0.1) is 6.92 Å². The molecule has 2 aromatic carbocycles. The summed E-state index contributed by atoms with van der Waals surface area (Å²) >= 11 is 6.18. The molecule has 1 N–H and O–H groups in total. The van der Waals surface area contributed by atoms with Gasteiger partial charge in [0.1, 0.15) is 5.82 Å². The predicted molar refractivity (Wildman–Crippen MR) is 102 cm³/mol. The van der Waals surface area contributed by atoms with Crippen molar-refractivity contribution in [3.63, 3.8) is 0 Å². The first-order valence-corrected chi connectivity index (χ1v) is 9.87. The van der Waals surface area contributed by atoms with E-state index in [-0.39, 0.29) is 5.82 Å². The van der Waals surface area contributed by atoms with E-state index in [1.165, 1.54) is 6.07 Å². The van der Waals surface area contributed by atoms with Gasteiger partial charge in [-0.15, -0.1) is 0 Å². The molecule has 0 aliphatic heterocycles. The van der Waals surface area contributed by atoms with Crippen LogP contribution in [-0.2, 0) is 16.2 Å². The summed E-state index contributed by atoms with van der Waals surface area (Å²) in [6.45, 7) is 1.68. The number of nitrogens with zero attached hydrogens (tertiary/aromatic N) is 1. The van der Waals surface area contributed by atoms with E-state index in [1.54, 1.807) is 31.2 Å². The Hall–Kier alpha value is -2.58. The normalized spacial score (nSPS) is 12.0. The van der Waals surface area contributed by atoms with Gasteiger partial charge in [0, 0.05) is 21.8 Å². The number of alkyl halides is 3. The molecule has 0 amide bonds. The first kappa shape index (κ1) is 20.2. The molecule has 3 rings (SSSR count). The molecule has 1 heterocycles. The minimum atomic E-state index is -4.64. The molecule has 0 aliphatic carbocycles. The van der Waals surface area contributed by atoms with Crippen molar-refractivity contribution in [2.24, 2.45) is 0 Å². The van der Waals surface area contributed by atoms with Gasteiger partial charge in [0.05, 0.1) is 10.5 Å². The fraction of sp³-hybridized carbons (Fsp3) is 0.105. The minimum absolute atomic E-state index is 0.00860. The summed E-state index contributed by atoms with van der Waals surface area (Å²) < 4.78 is 65.6. The van der Waals surface area contributed by atoms with Gasteiger partial charge in [-0.1, -0.05) is 35.9 Å². The maximum absolute atomic E-state index is 12.8. The van der Waals surface area contributed by atoms with Gasteiger partial charge in [-0.2, -0.15) is 13.2 Å². The zero-order valence-electron chi connectivity index (χ0n) is 14.5. The molecule has 1 aromatic heterocycles. The Morgan fingerprint density at radius 1 is 0.964 bits per heavy atom. The highest BCUT2D eigenvalue weighted by Crippen LogP contribution is 2.32. The Labute approximate surface area is 165 Å². The predicted octanol–water partition coefficient (Wildman–Crippen LogP) is 5.53. The summed E-state index contributed by atoms with van der Waals surface area (Å²) in [5, 5.41) is 0.518. The zero-order valence-corrected chi connectivity index (χ0v) is 16.0. The summed E-state index contributed by atoms with van der Waals surface area (Å²) in [7, 11) is -4.24. The maximum Gasteiger partial charge on any atom is 0.416 e. The van der Waals surface area contributed by atoms with Crippen molar-refractivity contribution >= 4 is 27.4 Å². The molecule has 9 heteroatoms. The van der Waals surface area contributed by atoms with Crippen LogP contribution in [0.3, 0.4) is 0 Å². The van der Waals surface area contributed by atoms with Gasteiger partial charge >= 0.3 is 6.18 Å². The van der Waals surface area contributed by atoms with Crippen molar-refractivity contribution in [2.75, 3.05) is 4.72 Å². The second-order valence-corrected chi connectivity index (χ2v) is 8.03. The van der Waals surface area contributed by atoms with Crippen LogP contribution in [-0.4, -0.2) is 13.4 Å². The second-order valence-electron chi connectivity index (χ2n) is 5.94. The molecule has 0 saturated carbocycles. The van der Waals surface area contributed by atoms with Crippen molar-refractivity contribution in [3.05, 3.63) is 76.9 Å². The molecule has 0 spiro atoms. The number of hydrogen-bond acceptors (Lipinski definition) is 3. The second kappa shape index (κ2) is 7.44. The monoisotopic (exact) mass is 426 g/mol. The van der Waals surface area contributed by atoms with Gasteiger partial charge in [-0.25, -0.2) is 13.4 Å². The molecule has 0 saturated heterocycles. The van der Waals surface area contributed by atoms with E-state index >= 15 is 0 Å². The Bertz CT molecular complexity index is 1130. The quantitative estimate of drug-likeness (QED) is 0.596. The first-order chi connectivity index (χ1) is 13.1. The molecule has 0 aliphatic rings. The summed E-state index contributed by atoms with van der Waals surface area (Å²) in [5.41, 5.74) is 0.917. The van der Waals surface area contributed by atoms with Crippen LogP contribution in [0.2, 0.25) is 5.02 Å². The van der Waals surface area contributed by atoms with Gasteiger partial charge < -0.3 is 0 Å². The van der Waals surface area contributed by atoms with Crippen molar-refractivity contribution in [1.82, 2.24) is 4.98 Å². The Morgan fingerprint density at radius 2 is 1.68 bits per heavy atom. The third-order valence-electron chi connectivity index (χ3n) is 3.96. The van der Waals surface area contributed by atoms with Crippen LogP contribution < -0.4 is 4.72 Å². The molecule has 4 nitrogen and oxygen atoms in total. The molecule has 0 unspecified atom stereocenters. The number of rotatable bonds is 4. The van der Waals surface area contributed by atoms with E-state index in [4.69, 9.17) is 11.6 Å². The van der Waals surface area contributed by atoms with Gasteiger partial charge in [0.2, 0.25) is 0 Å². The zero-order chi connectivity index (χ0) is 20.5. The Morgan fingerprint density at radius 3 is 2.32 bits per heavy atom. The van der Waals surface area contributed by atoms with Crippen molar-refractivity contribution in [3.8, 4) is 11.1 Å². The minimum Gasteiger partial charge on any atom is -0.263 e. The highest BCUT2D eigenvalue weighted by molar-refractivity contribution is 7.92. The smallest absolute Gasteiger partial charge is 0.263 e. The van der Waals surface area contributed by atoms with Crippen LogP contribution in [0.5, 0.6) is 0 Å². The number of halogens is 4. The lowest BCUT2D eigenvalue weighted by atomic mass is 10.0. The lowest BCUT2D eigenvalue weighted by molar-refractivity contribution is -0.137. The molecule has 28 heavy (non-hydrogen) atoms. The van der Waals surface area contributed by atoms with E-state index in [2.05, 4.69) is 9.71 Å². The van der Waals surface area contributed by atoms with E-state index < -0.39 is 26.7 Å². The fourth-order valence-electron chi connectivity index (χ4n) is 2.62. The van der Waals surface area contributed by atoms with Crippen LogP contribution in [0.4, 0.5) is 19.0 Å². The summed E-state index contributed by atoms with van der Waals surface area (Å²) in [4.78, 5) is 3.70. The Balaban J connectivity index is 1.92. The van der Waals surface area contributed by atoms with E-state index in [9.17, 15) is 21.6 Å². The van der Waals surface area contributed by atoms with Gasteiger partial charge in [-0.05, 0) is 43.3 Å². The lowest BCUT2D eigenvalue weighted by Gasteiger charge is -2.12. The van der Waals surface area contributed by atoms with Crippen LogP contribution in [0.25, 0.3) is 11.1 Å². The van der Waals surface area contributed by atoms with Crippen molar-refractivity contribution in [2.45, 2.75) is 18.0 Å². The Kier molecular flexibility index (Phi) is 5.36. The van der Waals surface area contributed by atoms with Crippen LogP contribution >= 0.6 is 11.6 Å². The van der Waals surface area contributed by atoms with E-state index in [0.29, 0.717) is 22.3 Å². The summed E-state index contributed by atoms with van der Waals surface area (Å²) in [6.07, 6.45) is -4.64. The topological polar surface area (TPSA) is 59.1 Å². The van der Waals surface area contributed by atoms with Crippen LogP contribution in [0.1, 0.15) is 11.3 Å². The highest BCUT2D eigenvalue weighted by Gasteiger charge is 2.31. The number of sulfonamides is 1. The lowest BCUT2D eigenvalue weighted by Crippen LogP contribution is -2.15. The molecule has 3 aromatic rings. The molecule has 0 atom stereocenters. The van der Waals surface area contributed by atoms with Gasteiger partial charge in [0.15, 0.2) is 0 Å². The number of hydrogen-bond donors (Lipinski definition) is 1.